The minimum Gasteiger partial charge on any atom is -0.257 e. The monoisotopic (exact) mass is 202 g/mol. The van der Waals surface area contributed by atoms with Gasteiger partial charge in [0.1, 0.15) is 13.1 Å². The van der Waals surface area contributed by atoms with Crippen molar-refractivity contribution in [2.75, 3.05) is 13.1 Å². The van der Waals surface area contributed by atoms with Crippen LogP contribution in [0.2, 0.25) is 0 Å². The molecule has 0 spiro atoms. The van der Waals surface area contributed by atoms with Gasteiger partial charge in [-0.25, -0.2) is 4.59 Å². The summed E-state index contributed by atoms with van der Waals surface area (Å²) in [6.07, 6.45) is 12.5. The number of piperidine rings is 1. The number of hydrogen-bond acceptors (Lipinski definition) is 2. The molecule has 1 aliphatic heterocycles. The molecular formula is C12H16N3+. The van der Waals surface area contributed by atoms with Crippen molar-refractivity contribution in [3.8, 4) is 12.3 Å². The van der Waals surface area contributed by atoms with Crippen LogP contribution in [0.3, 0.4) is 0 Å². The Kier molecular flexibility index (Phi) is 2.72. The minimum absolute atomic E-state index is 0.489. The van der Waals surface area contributed by atoms with Crippen LogP contribution in [0.1, 0.15) is 24.8 Å². The highest BCUT2D eigenvalue weighted by molar-refractivity contribution is 5.46. The highest BCUT2D eigenvalue weighted by Gasteiger charge is 2.29. The van der Waals surface area contributed by atoms with Gasteiger partial charge in [0.25, 0.3) is 0 Å². The number of hydrogen-bond donors (Lipinski definition) is 1. The second kappa shape index (κ2) is 4.01. The van der Waals surface area contributed by atoms with Crippen molar-refractivity contribution in [3.63, 3.8) is 0 Å². The van der Waals surface area contributed by atoms with E-state index in [-0.39, 0.29) is 0 Å². The zero-order valence-corrected chi connectivity index (χ0v) is 8.82. The van der Waals surface area contributed by atoms with Gasteiger partial charge in [-0.3, -0.25) is 4.98 Å². The van der Waals surface area contributed by atoms with Gasteiger partial charge in [-0.1, -0.05) is 5.92 Å². The Morgan fingerprint density at radius 2 is 2.00 bits per heavy atom. The van der Waals surface area contributed by atoms with Gasteiger partial charge in [0.15, 0.2) is 5.69 Å². The molecule has 0 radical (unpaired) electrons. The SMILES string of the molecule is C#Cc1cncc([N+]2(N)CCCCC2)c1. The first-order valence-electron chi connectivity index (χ1n) is 5.32. The fraction of sp³-hybridized carbons (Fsp3) is 0.417. The van der Waals surface area contributed by atoms with Crippen LogP contribution in [0.4, 0.5) is 5.69 Å². The first kappa shape index (κ1) is 10.2. The standard InChI is InChI=1S/C12H16N3/c1-2-11-8-12(10-14-9-11)15(13)6-4-3-5-7-15/h1,8-10H,3-7,13H2/q+1. The van der Waals surface area contributed by atoms with E-state index in [1.165, 1.54) is 19.3 Å². The second-order valence-corrected chi connectivity index (χ2v) is 4.12. The van der Waals surface area contributed by atoms with Crippen molar-refractivity contribution in [2.45, 2.75) is 19.3 Å². The minimum atomic E-state index is 0.489. The third-order valence-electron chi connectivity index (χ3n) is 3.02. The lowest BCUT2D eigenvalue weighted by Gasteiger charge is -2.35. The zero-order valence-electron chi connectivity index (χ0n) is 8.82. The summed E-state index contributed by atoms with van der Waals surface area (Å²) in [5.74, 6) is 8.93. The first-order chi connectivity index (χ1) is 7.24. The Hall–Kier alpha value is -1.37. The van der Waals surface area contributed by atoms with Crippen LogP contribution in [0.25, 0.3) is 0 Å². The number of nitrogens with zero attached hydrogens (tertiary/aromatic N) is 2. The molecule has 0 saturated carbocycles. The van der Waals surface area contributed by atoms with E-state index < -0.39 is 0 Å². The van der Waals surface area contributed by atoms with E-state index in [2.05, 4.69) is 10.9 Å². The quantitative estimate of drug-likeness (QED) is 0.425. The molecule has 1 saturated heterocycles. The number of quaternary nitrogens is 1. The van der Waals surface area contributed by atoms with Crippen molar-refractivity contribution in [2.24, 2.45) is 5.84 Å². The van der Waals surface area contributed by atoms with Crippen molar-refractivity contribution < 1.29 is 0 Å². The average Bonchev–Trinajstić information content (AvgIpc) is 2.30. The van der Waals surface area contributed by atoms with Gasteiger partial charge in [-0.2, -0.15) is 5.84 Å². The number of rotatable bonds is 1. The fourth-order valence-corrected chi connectivity index (χ4v) is 2.08. The summed E-state index contributed by atoms with van der Waals surface area (Å²) in [4.78, 5) is 4.14. The largest absolute Gasteiger partial charge is 0.257 e. The summed E-state index contributed by atoms with van der Waals surface area (Å²) >= 11 is 0. The molecule has 0 atom stereocenters. The van der Waals surface area contributed by atoms with Gasteiger partial charge < -0.3 is 0 Å². The Morgan fingerprint density at radius 1 is 1.27 bits per heavy atom. The van der Waals surface area contributed by atoms with E-state index in [0.717, 1.165) is 24.3 Å². The molecule has 1 aromatic heterocycles. The van der Waals surface area contributed by atoms with Crippen LogP contribution >= 0.6 is 0 Å². The molecular weight excluding hydrogens is 186 g/mol. The molecule has 3 nitrogen and oxygen atoms in total. The number of pyridine rings is 1. The topological polar surface area (TPSA) is 38.9 Å². The van der Waals surface area contributed by atoms with E-state index >= 15 is 0 Å². The van der Waals surface area contributed by atoms with Crippen molar-refractivity contribution in [1.82, 2.24) is 9.58 Å². The average molecular weight is 202 g/mol. The smallest absolute Gasteiger partial charge is 0.171 e. The highest BCUT2D eigenvalue weighted by Crippen LogP contribution is 2.24. The molecule has 0 unspecified atom stereocenters. The lowest BCUT2D eigenvalue weighted by Crippen LogP contribution is -2.58. The summed E-state index contributed by atoms with van der Waals surface area (Å²) in [6.45, 7) is 1.96. The van der Waals surface area contributed by atoms with Gasteiger partial charge in [-0.15, -0.1) is 6.42 Å². The van der Waals surface area contributed by atoms with E-state index in [9.17, 15) is 0 Å². The van der Waals surface area contributed by atoms with Gasteiger partial charge >= 0.3 is 0 Å². The summed E-state index contributed by atoms with van der Waals surface area (Å²) < 4.78 is 0.489. The first-order valence-corrected chi connectivity index (χ1v) is 5.32. The van der Waals surface area contributed by atoms with Crippen molar-refractivity contribution >= 4 is 5.69 Å². The Bertz CT molecular complexity index is 386. The lowest BCUT2D eigenvalue weighted by molar-refractivity contribution is 0.234. The zero-order chi connectivity index (χ0) is 10.7. The van der Waals surface area contributed by atoms with E-state index in [0.29, 0.717) is 4.59 Å². The number of nitrogens with two attached hydrogens (primary N) is 1. The summed E-state index contributed by atoms with van der Waals surface area (Å²) in [7, 11) is 0. The van der Waals surface area contributed by atoms with Gasteiger partial charge in [0.2, 0.25) is 0 Å². The molecule has 1 aromatic rings. The molecule has 2 rings (SSSR count). The molecule has 3 heteroatoms. The van der Waals surface area contributed by atoms with Crippen LogP contribution < -0.4 is 10.4 Å². The molecule has 2 heterocycles. The lowest BCUT2D eigenvalue weighted by atomic mass is 10.1. The molecule has 0 amide bonds. The molecule has 15 heavy (non-hydrogen) atoms. The van der Waals surface area contributed by atoms with Crippen LogP contribution in [0.5, 0.6) is 0 Å². The summed E-state index contributed by atoms with van der Waals surface area (Å²) in [5, 5.41) is 0. The maximum Gasteiger partial charge on any atom is 0.171 e. The Balaban J connectivity index is 2.31. The summed E-state index contributed by atoms with van der Waals surface area (Å²) in [6, 6.07) is 1.97. The van der Waals surface area contributed by atoms with Gasteiger partial charge in [0.05, 0.1) is 6.20 Å². The maximum atomic E-state index is 6.33. The van der Waals surface area contributed by atoms with E-state index in [1.807, 2.05) is 12.3 Å². The van der Waals surface area contributed by atoms with Crippen LogP contribution in [0.15, 0.2) is 18.5 Å². The normalized spacial score (nSPS) is 19.5. The maximum absolute atomic E-state index is 6.33. The Morgan fingerprint density at radius 3 is 2.67 bits per heavy atom. The highest BCUT2D eigenvalue weighted by atomic mass is 15.6. The molecule has 78 valence electrons. The Labute approximate surface area is 90.5 Å². The van der Waals surface area contributed by atoms with E-state index in [1.54, 1.807) is 6.20 Å². The summed E-state index contributed by atoms with van der Waals surface area (Å²) in [5.41, 5.74) is 1.84. The fourth-order valence-electron chi connectivity index (χ4n) is 2.08. The molecule has 2 N–H and O–H groups in total. The van der Waals surface area contributed by atoms with Gasteiger partial charge in [0, 0.05) is 17.8 Å². The molecule has 0 bridgehead atoms. The number of aromatic nitrogens is 1. The van der Waals surface area contributed by atoms with Crippen LogP contribution in [0, 0.1) is 12.3 Å². The van der Waals surface area contributed by atoms with E-state index in [4.69, 9.17) is 12.3 Å². The second-order valence-electron chi connectivity index (χ2n) is 4.12. The predicted octanol–water partition coefficient (Wildman–Crippen LogP) is 1.43. The molecule has 1 fully saturated rings. The van der Waals surface area contributed by atoms with Crippen LogP contribution in [-0.4, -0.2) is 18.1 Å². The van der Waals surface area contributed by atoms with Crippen molar-refractivity contribution in [3.05, 3.63) is 24.0 Å². The van der Waals surface area contributed by atoms with Gasteiger partial charge in [-0.05, 0) is 19.3 Å². The number of terminal acetylenes is 1. The third-order valence-corrected chi connectivity index (χ3v) is 3.02. The van der Waals surface area contributed by atoms with Crippen molar-refractivity contribution in [1.29, 1.82) is 0 Å². The molecule has 1 aliphatic rings. The molecule has 0 aromatic carbocycles. The molecule has 0 aliphatic carbocycles. The van der Waals surface area contributed by atoms with Crippen LogP contribution in [-0.2, 0) is 0 Å². The third kappa shape index (κ3) is 2.01. The predicted molar refractivity (Wildman–Crippen MR) is 61.7 cm³/mol.